The van der Waals surface area contributed by atoms with Crippen LogP contribution >= 0.6 is 0 Å². The van der Waals surface area contributed by atoms with Crippen molar-refractivity contribution in [1.29, 1.82) is 0 Å². The summed E-state index contributed by atoms with van der Waals surface area (Å²) < 4.78 is 0. The fourth-order valence-electron chi connectivity index (χ4n) is 4.19. The Labute approximate surface area is 157 Å². The van der Waals surface area contributed by atoms with Crippen LogP contribution in [0.5, 0.6) is 5.75 Å². The Hall–Kier alpha value is -0.980. The molecule has 0 saturated carbocycles. The van der Waals surface area contributed by atoms with E-state index in [0.717, 1.165) is 0 Å². The van der Waals surface area contributed by atoms with Crippen molar-refractivity contribution < 1.29 is 5.11 Å². The molecule has 25 heavy (non-hydrogen) atoms. The molecule has 1 aromatic rings. The number of hydrogen-bond donors (Lipinski definition) is 1. The molecule has 0 saturated heterocycles. The van der Waals surface area contributed by atoms with Crippen molar-refractivity contribution in [1.82, 2.24) is 0 Å². The van der Waals surface area contributed by atoms with Crippen LogP contribution in [-0.2, 0) is 5.41 Å². The number of phenols is 1. The maximum absolute atomic E-state index is 10.6. The van der Waals surface area contributed by atoms with Gasteiger partial charge in [-0.05, 0) is 30.7 Å². The van der Waals surface area contributed by atoms with Gasteiger partial charge in [0.05, 0.1) is 0 Å². The van der Waals surface area contributed by atoms with E-state index in [1.165, 1.54) is 95.5 Å². The molecule has 0 aromatic heterocycles. The average Bonchev–Trinajstić information content (AvgIpc) is 2.62. The maximum Gasteiger partial charge on any atom is 0.119 e. The number of benzene rings is 1. The lowest BCUT2D eigenvalue weighted by atomic mass is 9.69. The molecule has 1 N–H and O–H groups in total. The van der Waals surface area contributed by atoms with Crippen LogP contribution in [0.15, 0.2) is 24.3 Å². The third-order valence-corrected chi connectivity index (χ3v) is 5.75. The summed E-state index contributed by atoms with van der Waals surface area (Å²) in [5, 5.41) is 10.6. The zero-order valence-electron chi connectivity index (χ0n) is 17.2. The predicted molar refractivity (Wildman–Crippen MR) is 111 cm³/mol. The van der Waals surface area contributed by atoms with Crippen molar-refractivity contribution in [2.45, 2.75) is 116 Å². The molecule has 0 heterocycles. The summed E-state index contributed by atoms with van der Waals surface area (Å²) in [6.07, 6.45) is 18.1. The monoisotopic (exact) mass is 346 g/mol. The minimum absolute atomic E-state index is 0.182. The van der Waals surface area contributed by atoms with Crippen LogP contribution in [0, 0.1) is 0 Å². The van der Waals surface area contributed by atoms with Gasteiger partial charge in [0.1, 0.15) is 5.75 Å². The van der Waals surface area contributed by atoms with Gasteiger partial charge in [-0.3, -0.25) is 0 Å². The average molecular weight is 347 g/mol. The van der Waals surface area contributed by atoms with Gasteiger partial charge in [0.2, 0.25) is 0 Å². The normalized spacial score (nSPS) is 11.8. The molecule has 0 aliphatic heterocycles. The summed E-state index contributed by atoms with van der Waals surface area (Å²) in [6, 6.07) is 8.16. The van der Waals surface area contributed by atoms with Crippen molar-refractivity contribution in [3.8, 4) is 5.75 Å². The number of hydrogen-bond acceptors (Lipinski definition) is 1. The maximum atomic E-state index is 10.6. The van der Waals surface area contributed by atoms with Gasteiger partial charge in [0, 0.05) is 5.56 Å². The highest BCUT2D eigenvalue weighted by atomic mass is 16.3. The summed E-state index contributed by atoms with van der Waals surface area (Å²) in [4.78, 5) is 0. The fraction of sp³-hybridized carbons (Fsp3) is 0.750. The van der Waals surface area contributed by atoms with Crippen LogP contribution in [-0.4, -0.2) is 5.11 Å². The highest BCUT2D eigenvalue weighted by molar-refractivity contribution is 5.38. The van der Waals surface area contributed by atoms with Crippen molar-refractivity contribution in [3.05, 3.63) is 29.8 Å². The van der Waals surface area contributed by atoms with Gasteiger partial charge in [0.15, 0.2) is 0 Å². The molecule has 0 amide bonds. The Kier molecular flexibility index (Phi) is 11.7. The van der Waals surface area contributed by atoms with Crippen LogP contribution < -0.4 is 0 Å². The highest BCUT2D eigenvalue weighted by Crippen LogP contribution is 2.44. The predicted octanol–water partition coefficient (Wildman–Crippen LogP) is 8.15. The zero-order valence-corrected chi connectivity index (χ0v) is 17.2. The Morgan fingerprint density at radius 1 is 0.640 bits per heavy atom. The quantitative estimate of drug-likeness (QED) is 0.318. The van der Waals surface area contributed by atoms with Crippen LogP contribution in [0.1, 0.15) is 116 Å². The first-order valence-electron chi connectivity index (χ1n) is 11.0. The van der Waals surface area contributed by atoms with Crippen LogP contribution in [0.4, 0.5) is 0 Å². The molecule has 144 valence electrons. The van der Waals surface area contributed by atoms with Gasteiger partial charge >= 0.3 is 0 Å². The summed E-state index contributed by atoms with van der Waals surface area (Å²) in [7, 11) is 0. The lowest BCUT2D eigenvalue weighted by molar-refractivity contribution is 0.291. The van der Waals surface area contributed by atoms with Crippen LogP contribution in [0.25, 0.3) is 0 Å². The van der Waals surface area contributed by atoms with E-state index in [1.807, 2.05) is 12.1 Å². The molecule has 1 aromatic carbocycles. The summed E-state index contributed by atoms with van der Waals surface area (Å²) >= 11 is 0. The molecule has 0 atom stereocenters. The Morgan fingerprint density at radius 3 is 1.60 bits per heavy atom. The largest absolute Gasteiger partial charge is 0.508 e. The fourth-order valence-corrected chi connectivity index (χ4v) is 4.19. The second-order valence-corrected chi connectivity index (χ2v) is 7.88. The van der Waals surface area contributed by atoms with Gasteiger partial charge in [-0.15, -0.1) is 0 Å². The smallest absolute Gasteiger partial charge is 0.119 e. The lowest BCUT2D eigenvalue weighted by Crippen LogP contribution is -2.27. The molecule has 1 heteroatoms. The van der Waals surface area contributed by atoms with Crippen LogP contribution in [0.3, 0.4) is 0 Å². The summed E-state index contributed by atoms with van der Waals surface area (Å²) in [5.74, 6) is 0.518. The van der Waals surface area contributed by atoms with Crippen molar-refractivity contribution in [2.75, 3.05) is 0 Å². The van der Waals surface area contributed by atoms with Crippen molar-refractivity contribution >= 4 is 0 Å². The molecule has 0 aliphatic carbocycles. The van der Waals surface area contributed by atoms with Gasteiger partial charge < -0.3 is 5.11 Å². The van der Waals surface area contributed by atoms with E-state index in [0.29, 0.717) is 5.75 Å². The Morgan fingerprint density at radius 2 is 1.08 bits per heavy atom. The number of para-hydroxylation sites is 1. The first kappa shape index (κ1) is 22.1. The molecule has 1 rings (SSSR count). The summed E-state index contributed by atoms with van der Waals surface area (Å²) in [5.41, 5.74) is 1.40. The summed E-state index contributed by atoms with van der Waals surface area (Å²) in [6.45, 7) is 6.84. The lowest BCUT2D eigenvalue weighted by Gasteiger charge is -2.36. The van der Waals surface area contributed by atoms with Crippen LogP contribution in [0.2, 0.25) is 0 Å². The molecule has 1 nitrogen and oxygen atoms in total. The van der Waals surface area contributed by atoms with E-state index in [9.17, 15) is 5.11 Å². The molecule has 0 unspecified atom stereocenters. The molecule has 0 radical (unpaired) electrons. The van der Waals surface area contributed by atoms with Gasteiger partial charge in [-0.2, -0.15) is 0 Å². The molecular formula is C24H42O. The first-order chi connectivity index (χ1) is 12.2. The van der Waals surface area contributed by atoms with Crippen molar-refractivity contribution in [2.24, 2.45) is 0 Å². The number of rotatable bonds is 15. The zero-order chi connectivity index (χ0) is 18.4. The Bertz CT molecular complexity index is 427. The number of phenolic OH excluding ortho intramolecular Hbond substituents is 1. The third-order valence-electron chi connectivity index (χ3n) is 5.75. The molecule has 0 bridgehead atoms. The second kappa shape index (κ2) is 13.3. The van der Waals surface area contributed by atoms with E-state index in [1.54, 1.807) is 0 Å². The Balaban J connectivity index is 2.93. The molecule has 0 aliphatic rings. The second-order valence-electron chi connectivity index (χ2n) is 7.88. The molecular weight excluding hydrogens is 304 g/mol. The van der Waals surface area contributed by atoms with Gasteiger partial charge in [0.25, 0.3) is 0 Å². The highest BCUT2D eigenvalue weighted by Gasteiger charge is 2.32. The van der Waals surface area contributed by atoms with Gasteiger partial charge in [-0.25, -0.2) is 0 Å². The van der Waals surface area contributed by atoms with E-state index >= 15 is 0 Å². The SMILES string of the molecule is CCCCCCCC(CCCCC)(CCCCC)c1ccccc1O. The minimum atomic E-state index is 0.182. The van der Waals surface area contributed by atoms with E-state index in [4.69, 9.17) is 0 Å². The standard InChI is InChI=1S/C24H42O/c1-4-7-10-11-16-21-24(19-14-8-5-2,20-15-9-6-3)22-17-12-13-18-23(22)25/h12-13,17-18,25H,4-11,14-16,19-21H2,1-3H3. The number of aromatic hydroxyl groups is 1. The number of unbranched alkanes of at least 4 members (excludes halogenated alkanes) is 8. The topological polar surface area (TPSA) is 20.2 Å². The van der Waals surface area contributed by atoms with E-state index < -0.39 is 0 Å². The first-order valence-corrected chi connectivity index (χ1v) is 11.0. The van der Waals surface area contributed by atoms with Crippen molar-refractivity contribution in [3.63, 3.8) is 0 Å². The third kappa shape index (κ3) is 7.84. The molecule has 0 spiro atoms. The minimum Gasteiger partial charge on any atom is -0.508 e. The van der Waals surface area contributed by atoms with Gasteiger partial charge in [-0.1, -0.05) is 110 Å². The van der Waals surface area contributed by atoms with E-state index in [-0.39, 0.29) is 5.41 Å². The van der Waals surface area contributed by atoms with E-state index in [2.05, 4.69) is 32.9 Å². The molecule has 0 fully saturated rings.